The van der Waals surface area contributed by atoms with E-state index in [0.29, 0.717) is 17.9 Å². The fourth-order valence-electron chi connectivity index (χ4n) is 1.72. The Morgan fingerprint density at radius 2 is 1.76 bits per heavy atom. The largest absolute Gasteiger partial charge is 0.494 e. The number of Topliss-reactive ketones (excluding diaryl/α,β-unsaturated/α-hetero) is 1. The van der Waals surface area contributed by atoms with Crippen molar-refractivity contribution in [2.45, 2.75) is 18.2 Å². The second-order valence-electron chi connectivity index (χ2n) is 4.54. The molecular formula is C17H17FO2S. The van der Waals surface area contributed by atoms with E-state index in [0.717, 1.165) is 17.1 Å². The van der Waals surface area contributed by atoms with Crippen LogP contribution in [0.5, 0.6) is 5.75 Å². The number of ether oxygens (including phenoxy) is 1. The maximum Gasteiger partial charge on any atom is 0.173 e. The van der Waals surface area contributed by atoms with Crippen LogP contribution in [0.15, 0.2) is 53.4 Å². The van der Waals surface area contributed by atoms with Crippen LogP contribution in [-0.4, -0.2) is 18.1 Å². The maximum atomic E-state index is 12.8. The van der Waals surface area contributed by atoms with Gasteiger partial charge in [0.05, 0.1) is 12.4 Å². The first kappa shape index (κ1) is 15.6. The summed E-state index contributed by atoms with van der Waals surface area (Å²) in [6.45, 7) is 2.72. The van der Waals surface area contributed by atoms with E-state index in [2.05, 4.69) is 0 Å². The van der Waals surface area contributed by atoms with Gasteiger partial charge in [-0.05, 0) is 55.0 Å². The second kappa shape index (κ2) is 7.84. The number of hydrogen-bond donors (Lipinski definition) is 0. The Hall–Kier alpha value is -1.81. The Kier molecular flexibility index (Phi) is 5.81. The number of ketones is 1. The molecule has 0 atom stereocenters. The molecule has 2 rings (SSSR count). The molecule has 0 aliphatic carbocycles. The molecule has 4 heteroatoms. The molecule has 0 N–H and O–H groups in total. The highest BCUT2D eigenvalue weighted by atomic mass is 32.2. The van der Waals surface area contributed by atoms with Crippen LogP contribution in [-0.2, 0) is 0 Å². The minimum atomic E-state index is -0.270. The molecule has 0 unspecified atom stereocenters. The fourth-order valence-corrected chi connectivity index (χ4v) is 2.51. The third kappa shape index (κ3) is 4.90. The summed E-state index contributed by atoms with van der Waals surface area (Å²) in [6, 6.07) is 13.3. The van der Waals surface area contributed by atoms with E-state index in [1.807, 2.05) is 19.1 Å². The normalized spacial score (nSPS) is 10.4. The van der Waals surface area contributed by atoms with Gasteiger partial charge in [-0.1, -0.05) is 6.92 Å². The Morgan fingerprint density at radius 3 is 2.38 bits per heavy atom. The number of carbonyl (C=O) groups is 1. The summed E-state index contributed by atoms with van der Waals surface area (Å²) in [4.78, 5) is 13.0. The first-order valence-electron chi connectivity index (χ1n) is 6.83. The van der Waals surface area contributed by atoms with Crippen LogP contribution in [0.2, 0.25) is 0 Å². The standard InChI is InChI=1S/C17H17FO2S/c1-2-11-20-15-7-3-13(4-8-15)17(19)12-21-16-9-5-14(18)6-10-16/h3-10H,2,11-12H2,1H3. The molecule has 21 heavy (non-hydrogen) atoms. The van der Waals surface area contributed by atoms with E-state index in [1.54, 1.807) is 24.3 Å². The molecule has 110 valence electrons. The average molecular weight is 304 g/mol. The molecule has 0 saturated carbocycles. The third-order valence-electron chi connectivity index (χ3n) is 2.83. The van der Waals surface area contributed by atoms with Crippen LogP contribution in [0.1, 0.15) is 23.7 Å². The number of carbonyl (C=O) groups excluding carboxylic acids is 1. The van der Waals surface area contributed by atoms with Crippen molar-refractivity contribution in [1.82, 2.24) is 0 Å². The lowest BCUT2D eigenvalue weighted by Gasteiger charge is -2.05. The molecule has 0 fully saturated rings. The predicted molar refractivity (Wildman–Crippen MR) is 83.7 cm³/mol. The Bertz CT molecular complexity index is 579. The van der Waals surface area contributed by atoms with Crippen LogP contribution < -0.4 is 4.74 Å². The molecule has 2 nitrogen and oxygen atoms in total. The highest BCUT2D eigenvalue weighted by Gasteiger charge is 2.07. The summed E-state index contributed by atoms with van der Waals surface area (Å²) in [5.41, 5.74) is 0.661. The van der Waals surface area contributed by atoms with Crippen molar-refractivity contribution in [2.24, 2.45) is 0 Å². The minimum Gasteiger partial charge on any atom is -0.494 e. The van der Waals surface area contributed by atoms with Crippen LogP contribution in [0.25, 0.3) is 0 Å². The zero-order valence-corrected chi connectivity index (χ0v) is 12.7. The topological polar surface area (TPSA) is 26.3 Å². The molecule has 0 bridgehead atoms. The molecule has 0 aliphatic rings. The van der Waals surface area contributed by atoms with Crippen LogP contribution in [0.4, 0.5) is 4.39 Å². The number of benzene rings is 2. The highest BCUT2D eigenvalue weighted by Crippen LogP contribution is 2.20. The SMILES string of the molecule is CCCOc1ccc(C(=O)CSc2ccc(F)cc2)cc1. The summed E-state index contributed by atoms with van der Waals surface area (Å²) in [5, 5.41) is 0. The van der Waals surface area contributed by atoms with E-state index in [1.165, 1.54) is 23.9 Å². The van der Waals surface area contributed by atoms with Gasteiger partial charge in [-0.15, -0.1) is 11.8 Å². The summed E-state index contributed by atoms with van der Waals surface area (Å²) >= 11 is 1.40. The molecule has 0 aliphatic heterocycles. The molecule has 0 heterocycles. The van der Waals surface area contributed by atoms with Crippen molar-refractivity contribution in [3.05, 3.63) is 59.9 Å². The second-order valence-corrected chi connectivity index (χ2v) is 5.59. The molecule has 0 amide bonds. The quantitative estimate of drug-likeness (QED) is 0.553. The number of halogens is 1. The van der Waals surface area contributed by atoms with E-state index in [-0.39, 0.29) is 11.6 Å². The monoisotopic (exact) mass is 304 g/mol. The van der Waals surface area contributed by atoms with Crippen molar-refractivity contribution < 1.29 is 13.9 Å². The molecule has 0 aromatic heterocycles. The number of hydrogen-bond acceptors (Lipinski definition) is 3. The summed E-state index contributed by atoms with van der Waals surface area (Å²) in [5.74, 6) is 0.889. The fraction of sp³-hybridized carbons (Fsp3) is 0.235. The zero-order valence-electron chi connectivity index (χ0n) is 11.8. The Balaban J connectivity index is 1.89. The van der Waals surface area contributed by atoms with Gasteiger partial charge in [0.25, 0.3) is 0 Å². The lowest BCUT2D eigenvalue weighted by molar-refractivity contribution is 0.102. The van der Waals surface area contributed by atoms with E-state index < -0.39 is 0 Å². The van der Waals surface area contributed by atoms with Gasteiger partial charge in [0, 0.05) is 10.5 Å². The van der Waals surface area contributed by atoms with Crippen LogP contribution in [0.3, 0.4) is 0 Å². The van der Waals surface area contributed by atoms with Gasteiger partial charge in [0.15, 0.2) is 5.78 Å². The highest BCUT2D eigenvalue weighted by molar-refractivity contribution is 8.00. The van der Waals surface area contributed by atoms with E-state index in [4.69, 9.17) is 4.74 Å². The zero-order chi connectivity index (χ0) is 15.1. The molecule has 2 aromatic carbocycles. The molecule has 0 spiro atoms. The van der Waals surface area contributed by atoms with Crippen molar-refractivity contribution in [2.75, 3.05) is 12.4 Å². The summed E-state index contributed by atoms with van der Waals surface area (Å²) < 4.78 is 18.3. The lowest BCUT2D eigenvalue weighted by atomic mass is 10.1. The van der Waals surface area contributed by atoms with Gasteiger partial charge in [-0.25, -0.2) is 4.39 Å². The van der Waals surface area contributed by atoms with Crippen molar-refractivity contribution >= 4 is 17.5 Å². The first-order chi connectivity index (χ1) is 10.2. The van der Waals surface area contributed by atoms with Gasteiger partial charge in [0.1, 0.15) is 11.6 Å². The van der Waals surface area contributed by atoms with Gasteiger partial charge in [-0.3, -0.25) is 4.79 Å². The van der Waals surface area contributed by atoms with Gasteiger partial charge in [-0.2, -0.15) is 0 Å². The van der Waals surface area contributed by atoms with E-state index in [9.17, 15) is 9.18 Å². The average Bonchev–Trinajstić information content (AvgIpc) is 2.52. The molecule has 0 saturated heterocycles. The van der Waals surface area contributed by atoms with E-state index >= 15 is 0 Å². The molecule has 0 radical (unpaired) electrons. The first-order valence-corrected chi connectivity index (χ1v) is 7.82. The minimum absolute atomic E-state index is 0.0476. The Morgan fingerprint density at radius 1 is 1.10 bits per heavy atom. The van der Waals surface area contributed by atoms with Gasteiger partial charge in [0.2, 0.25) is 0 Å². The maximum absolute atomic E-state index is 12.8. The smallest absolute Gasteiger partial charge is 0.173 e. The molecule has 2 aromatic rings. The number of thioether (sulfide) groups is 1. The lowest BCUT2D eigenvalue weighted by Crippen LogP contribution is -2.02. The predicted octanol–water partition coefficient (Wildman–Crippen LogP) is 4.59. The van der Waals surface area contributed by atoms with Crippen LogP contribution in [0, 0.1) is 5.82 Å². The number of rotatable bonds is 7. The summed E-state index contributed by atoms with van der Waals surface area (Å²) in [7, 11) is 0. The van der Waals surface area contributed by atoms with Crippen LogP contribution >= 0.6 is 11.8 Å². The van der Waals surface area contributed by atoms with Crippen molar-refractivity contribution in [3.63, 3.8) is 0 Å². The van der Waals surface area contributed by atoms with Gasteiger partial charge < -0.3 is 4.74 Å². The van der Waals surface area contributed by atoms with Crippen molar-refractivity contribution in [1.29, 1.82) is 0 Å². The van der Waals surface area contributed by atoms with Crippen molar-refractivity contribution in [3.8, 4) is 5.75 Å². The summed E-state index contributed by atoms with van der Waals surface area (Å²) in [6.07, 6.45) is 0.953. The Labute approximate surface area is 128 Å². The molecular weight excluding hydrogens is 287 g/mol. The third-order valence-corrected chi connectivity index (χ3v) is 3.84. The van der Waals surface area contributed by atoms with Gasteiger partial charge >= 0.3 is 0 Å².